The fourth-order valence-electron chi connectivity index (χ4n) is 1.51. The van der Waals surface area contributed by atoms with E-state index in [1.54, 1.807) is 18.0 Å². The lowest BCUT2D eigenvalue weighted by Crippen LogP contribution is -2.06. The Bertz CT molecular complexity index is 512. The van der Waals surface area contributed by atoms with Crippen LogP contribution in [0.15, 0.2) is 10.7 Å². The predicted molar refractivity (Wildman–Crippen MR) is 67.7 cm³/mol. The average Bonchev–Trinajstić information content (AvgIpc) is 3.08. The molecular weight excluding hydrogens is 264 g/mol. The summed E-state index contributed by atoms with van der Waals surface area (Å²) in [7, 11) is 1.63. The molecule has 0 aliphatic carbocycles. The topological polar surface area (TPSA) is 114 Å². The minimum Gasteiger partial charge on any atom is -0.382 e. The van der Waals surface area contributed by atoms with E-state index < -0.39 is 0 Å². The molecule has 0 aliphatic rings. The van der Waals surface area contributed by atoms with E-state index in [1.165, 1.54) is 0 Å². The molecular formula is C11H18N6O3. The highest BCUT2D eigenvalue weighted by Gasteiger charge is 2.08. The van der Waals surface area contributed by atoms with Gasteiger partial charge in [0.15, 0.2) is 5.82 Å². The zero-order valence-corrected chi connectivity index (χ0v) is 11.4. The maximum Gasteiger partial charge on any atom is 0.248 e. The van der Waals surface area contributed by atoms with Crippen LogP contribution in [0.25, 0.3) is 0 Å². The lowest BCUT2D eigenvalue weighted by Gasteiger charge is -1.99. The second kappa shape index (κ2) is 7.68. The Kier molecular flexibility index (Phi) is 5.59. The maximum atomic E-state index is 5.46. The molecule has 0 aromatic carbocycles. The molecule has 0 amide bonds. The van der Waals surface area contributed by atoms with Gasteiger partial charge >= 0.3 is 0 Å². The zero-order chi connectivity index (χ0) is 14.2. The molecule has 0 spiro atoms. The van der Waals surface area contributed by atoms with E-state index in [9.17, 15) is 0 Å². The summed E-state index contributed by atoms with van der Waals surface area (Å²) in [5.74, 6) is 1.09. The van der Waals surface area contributed by atoms with Crippen molar-refractivity contribution in [1.29, 1.82) is 0 Å². The van der Waals surface area contributed by atoms with Crippen LogP contribution in [0.4, 0.5) is 0 Å². The van der Waals surface area contributed by atoms with Gasteiger partial charge < -0.3 is 19.7 Å². The normalized spacial score (nSPS) is 11.1. The number of hydrogen-bond donors (Lipinski definition) is 1. The molecule has 0 bridgehead atoms. The summed E-state index contributed by atoms with van der Waals surface area (Å²) in [6, 6.07) is 0. The van der Waals surface area contributed by atoms with Crippen molar-refractivity contribution >= 4 is 0 Å². The van der Waals surface area contributed by atoms with Crippen LogP contribution in [-0.2, 0) is 29.0 Å². The summed E-state index contributed by atoms with van der Waals surface area (Å²) in [6.45, 7) is 2.40. The quantitative estimate of drug-likeness (QED) is 0.605. The lowest BCUT2D eigenvalue weighted by molar-refractivity contribution is 0.0714. The minimum absolute atomic E-state index is 0.355. The number of ether oxygens (including phenoxy) is 2. The summed E-state index contributed by atoms with van der Waals surface area (Å²) >= 11 is 0. The minimum atomic E-state index is 0.355. The Morgan fingerprint density at radius 1 is 1.35 bits per heavy atom. The van der Waals surface area contributed by atoms with Crippen LogP contribution >= 0.6 is 0 Å². The lowest BCUT2D eigenvalue weighted by atomic mass is 10.4. The fraction of sp³-hybridized carbons (Fsp3) is 0.636. The van der Waals surface area contributed by atoms with Crippen molar-refractivity contribution in [1.82, 2.24) is 25.1 Å². The van der Waals surface area contributed by atoms with Crippen LogP contribution in [0.2, 0.25) is 0 Å². The highest BCUT2D eigenvalue weighted by atomic mass is 16.5. The molecule has 2 aromatic heterocycles. The van der Waals surface area contributed by atoms with Gasteiger partial charge in [-0.3, -0.25) is 0 Å². The van der Waals surface area contributed by atoms with Crippen molar-refractivity contribution in [2.75, 3.05) is 26.9 Å². The van der Waals surface area contributed by atoms with Gasteiger partial charge in [-0.1, -0.05) is 10.4 Å². The third-order valence-electron chi connectivity index (χ3n) is 2.50. The summed E-state index contributed by atoms with van der Waals surface area (Å²) < 4.78 is 16.9. The Hall–Kier alpha value is -1.84. The molecule has 0 fully saturated rings. The van der Waals surface area contributed by atoms with Crippen molar-refractivity contribution in [3.63, 3.8) is 0 Å². The molecule has 2 heterocycles. The van der Waals surface area contributed by atoms with E-state index in [4.69, 9.17) is 19.7 Å². The Balaban J connectivity index is 1.77. The first-order chi connectivity index (χ1) is 9.81. The Morgan fingerprint density at radius 3 is 3.00 bits per heavy atom. The van der Waals surface area contributed by atoms with E-state index in [-0.39, 0.29) is 0 Å². The molecule has 0 aliphatic heterocycles. The second-order valence-electron chi connectivity index (χ2n) is 4.07. The first kappa shape index (κ1) is 14.6. The first-order valence-electron chi connectivity index (χ1n) is 6.29. The van der Waals surface area contributed by atoms with Gasteiger partial charge in [-0.05, 0) is 0 Å². The van der Waals surface area contributed by atoms with Gasteiger partial charge in [0.25, 0.3) is 0 Å². The number of methoxy groups -OCH3 is 1. The van der Waals surface area contributed by atoms with Crippen LogP contribution in [0.3, 0.4) is 0 Å². The van der Waals surface area contributed by atoms with E-state index in [1.807, 2.05) is 0 Å². The number of nitrogens with zero attached hydrogens (tertiary/aromatic N) is 5. The number of nitrogens with two attached hydrogens (primary N) is 1. The molecule has 9 nitrogen and oxygen atoms in total. The number of aromatic nitrogens is 5. The van der Waals surface area contributed by atoms with Crippen LogP contribution in [0.5, 0.6) is 0 Å². The molecule has 0 saturated heterocycles. The predicted octanol–water partition coefficient (Wildman–Crippen LogP) is -0.626. The van der Waals surface area contributed by atoms with Crippen molar-refractivity contribution in [2.45, 2.75) is 19.5 Å². The van der Waals surface area contributed by atoms with Gasteiger partial charge in [-0.15, -0.1) is 5.10 Å². The van der Waals surface area contributed by atoms with Gasteiger partial charge in [-0.2, -0.15) is 4.98 Å². The van der Waals surface area contributed by atoms with E-state index in [0.29, 0.717) is 51.0 Å². The summed E-state index contributed by atoms with van der Waals surface area (Å²) in [6.07, 6.45) is 2.34. The van der Waals surface area contributed by atoms with Crippen LogP contribution in [0.1, 0.15) is 17.4 Å². The summed E-state index contributed by atoms with van der Waals surface area (Å²) in [5.41, 5.74) is 6.18. The molecule has 9 heteroatoms. The number of hydrogen-bond acceptors (Lipinski definition) is 8. The van der Waals surface area contributed by atoms with Crippen LogP contribution < -0.4 is 5.73 Å². The molecule has 2 aromatic rings. The van der Waals surface area contributed by atoms with Crippen molar-refractivity contribution in [3.8, 4) is 0 Å². The van der Waals surface area contributed by atoms with Gasteiger partial charge in [0.1, 0.15) is 6.54 Å². The summed E-state index contributed by atoms with van der Waals surface area (Å²) in [4.78, 5) is 4.25. The first-order valence-corrected chi connectivity index (χ1v) is 6.29. The number of rotatable bonds is 9. The van der Waals surface area contributed by atoms with Crippen molar-refractivity contribution < 1.29 is 14.0 Å². The van der Waals surface area contributed by atoms with Gasteiger partial charge in [0.2, 0.25) is 5.89 Å². The second-order valence-corrected chi connectivity index (χ2v) is 4.07. The SMILES string of the molecule is COCCOCCc1noc(Cn2cc(CN)nn2)n1. The van der Waals surface area contributed by atoms with Gasteiger partial charge in [0, 0.05) is 20.1 Å². The molecule has 0 saturated carbocycles. The highest BCUT2D eigenvalue weighted by Crippen LogP contribution is 2.01. The highest BCUT2D eigenvalue weighted by molar-refractivity contribution is 4.93. The molecule has 0 unspecified atom stereocenters. The Morgan fingerprint density at radius 2 is 2.25 bits per heavy atom. The standard InChI is InChI=1S/C11H18N6O3/c1-18-4-5-19-3-2-10-13-11(20-15-10)8-17-7-9(6-12)14-16-17/h7H,2-6,8,12H2,1H3. The fourth-order valence-corrected chi connectivity index (χ4v) is 1.51. The summed E-state index contributed by atoms with van der Waals surface area (Å²) in [5, 5.41) is 11.7. The van der Waals surface area contributed by atoms with Crippen molar-refractivity contribution in [3.05, 3.63) is 23.6 Å². The van der Waals surface area contributed by atoms with Gasteiger partial charge in [-0.25, -0.2) is 4.68 Å². The third-order valence-corrected chi connectivity index (χ3v) is 2.50. The zero-order valence-electron chi connectivity index (χ0n) is 11.4. The van der Waals surface area contributed by atoms with Gasteiger partial charge in [0.05, 0.1) is 31.7 Å². The monoisotopic (exact) mass is 282 g/mol. The third kappa shape index (κ3) is 4.37. The molecule has 0 atom stereocenters. The Labute approximate surface area is 116 Å². The molecule has 2 rings (SSSR count). The van der Waals surface area contributed by atoms with E-state index in [2.05, 4.69) is 20.5 Å². The molecule has 2 N–H and O–H groups in total. The largest absolute Gasteiger partial charge is 0.382 e. The average molecular weight is 282 g/mol. The van der Waals surface area contributed by atoms with Crippen LogP contribution in [0, 0.1) is 0 Å². The maximum absolute atomic E-state index is 5.46. The smallest absolute Gasteiger partial charge is 0.248 e. The van der Waals surface area contributed by atoms with E-state index >= 15 is 0 Å². The van der Waals surface area contributed by atoms with Crippen molar-refractivity contribution in [2.24, 2.45) is 5.73 Å². The molecule has 20 heavy (non-hydrogen) atoms. The van der Waals surface area contributed by atoms with Crippen LogP contribution in [-0.4, -0.2) is 52.1 Å². The molecule has 0 radical (unpaired) electrons. The van der Waals surface area contributed by atoms with E-state index in [0.717, 1.165) is 5.69 Å². The molecule has 110 valence electrons.